The number of methoxy groups -OCH3 is 4. The fraction of sp³-hybridized carbons (Fsp3) is 0.179. The van der Waals surface area contributed by atoms with E-state index in [0.29, 0.717) is 40.5 Å². The maximum atomic E-state index is 12.4. The van der Waals surface area contributed by atoms with Crippen molar-refractivity contribution in [3.8, 4) is 34.5 Å². The first kappa shape index (κ1) is 25.2. The van der Waals surface area contributed by atoms with Crippen molar-refractivity contribution < 1.29 is 34.0 Å². The Morgan fingerprint density at radius 1 is 0.800 bits per heavy atom. The standard InChI is InChI=1S/C28H28O7/c1-32-24-15-12-19(9-8-18-16-25(33-2)28(35-4)26(17-18)34-3)22(27(24)31)6-5-7-23(30)20-10-13-21(29)14-11-20/h5,7-17,29,31H,6H2,1-4H3/b7-5-,9-8-. The molecule has 0 aromatic heterocycles. The molecule has 0 fully saturated rings. The van der Waals surface area contributed by atoms with E-state index >= 15 is 0 Å². The van der Waals surface area contributed by atoms with Crippen molar-refractivity contribution in [2.45, 2.75) is 6.42 Å². The fourth-order valence-corrected chi connectivity index (χ4v) is 3.56. The van der Waals surface area contributed by atoms with Crippen molar-refractivity contribution in [1.29, 1.82) is 0 Å². The van der Waals surface area contributed by atoms with E-state index in [1.54, 1.807) is 45.6 Å². The summed E-state index contributed by atoms with van der Waals surface area (Å²) in [7, 11) is 6.13. The van der Waals surface area contributed by atoms with Gasteiger partial charge in [-0.15, -0.1) is 0 Å². The van der Waals surface area contributed by atoms with E-state index in [-0.39, 0.29) is 17.3 Å². The molecule has 182 valence electrons. The lowest BCUT2D eigenvalue weighted by Crippen LogP contribution is -1.96. The Morgan fingerprint density at radius 2 is 1.43 bits per heavy atom. The molecule has 7 heteroatoms. The second-order valence-corrected chi connectivity index (χ2v) is 7.49. The van der Waals surface area contributed by atoms with Crippen LogP contribution in [0.15, 0.2) is 60.7 Å². The molecule has 0 amide bonds. The second kappa shape index (κ2) is 11.7. The van der Waals surface area contributed by atoms with Crippen LogP contribution in [0.1, 0.15) is 27.0 Å². The molecule has 0 aliphatic heterocycles. The largest absolute Gasteiger partial charge is 0.508 e. The Balaban J connectivity index is 1.91. The van der Waals surface area contributed by atoms with E-state index in [4.69, 9.17) is 18.9 Å². The molecular weight excluding hydrogens is 448 g/mol. The van der Waals surface area contributed by atoms with Crippen LogP contribution in [0.25, 0.3) is 12.2 Å². The number of phenolic OH excluding ortho intramolecular Hbond substituents is 2. The SMILES string of the molecule is COc1ccc(/C=C\c2cc(OC)c(OC)c(OC)c2)c(C/C=C\C(=O)c2ccc(O)cc2)c1O. The van der Waals surface area contributed by atoms with Gasteiger partial charge in [0.15, 0.2) is 28.8 Å². The minimum atomic E-state index is -0.207. The number of ether oxygens (including phenoxy) is 4. The van der Waals surface area contributed by atoms with Crippen LogP contribution in [0.5, 0.6) is 34.5 Å². The third-order valence-corrected chi connectivity index (χ3v) is 5.39. The van der Waals surface area contributed by atoms with Crippen molar-refractivity contribution in [3.63, 3.8) is 0 Å². The molecule has 0 saturated heterocycles. The van der Waals surface area contributed by atoms with Crippen LogP contribution in [-0.2, 0) is 6.42 Å². The number of hydrogen-bond donors (Lipinski definition) is 2. The Labute approximate surface area is 204 Å². The third kappa shape index (κ3) is 5.95. The molecule has 3 rings (SSSR count). The van der Waals surface area contributed by atoms with E-state index in [2.05, 4.69) is 0 Å². The van der Waals surface area contributed by atoms with Crippen LogP contribution in [0.3, 0.4) is 0 Å². The minimum absolute atomic E-state index is 0.00118. The molecule has 0 aliphatic rings. The molecular formula is C28H28O7. The average molecular weight is 477 g/mol. The van der Waals surface area contributed by atoms with Gasteiger partial charge in [0, 0.05) is 11.1 Å². The summed E-state index contributed by atoms with van der Waals surface area (Å²) in [6.07, 6.45) is 7.13. The molecule has 0 radical (unpaired) electrons. The molecule has 0 aliphatic carbocycles. The molecule has 0 atom stereocenters. The van der Waals surface area contributed by atoms with Gasteiger partial charge in [0.1, 0.15) is 5.75 Å². The lowest BCUT2D eigenvalue weighted by Gasteiger charge is -2.13. The van der Waals surface area contributed by atoms with Crippen LogP contribution in [0.2, 0.25) is 0 Å². The van der Waals surface area contributed by atoms with Crippen LogP contribution in [-0.4, -0.2) is 44.4 Å². The second-order valence-electron chi connectivity index (χ2n) is 7.49. The number of carbonyl (C=O) groups is 1. The summed E-state index contributed by atoms with van der Waals surface area (Å²) in [4.78, 5) is 12.4. The molecule has 3 aromatic carbocycles. The molecule has 0 bridgehead atoms. The zero-order valence-electron chi connectivity index (χ0n) is 20.1. The molecule has 0 spiro atoms. The predicted molar refractivity (Wildman–Crippen MR) is 135 cm³/mol. The number of allylic oxidation sites excluding steroid dienone is 2. The van der Waals surface area contributed by atoms with Gasteiger partial charge >= 0.3 is 0 Å². The Hall–Kier alpha value is -4.39. The molecule has 2 N–H and O–H groups in total. The Morgan fingerprint density at radius 3 is 2.00 bits per heavy atom. The summed E-state index contributed by atoms with van der Waals surface area (Å²) >= 11 is 0. The fourth-order valence-electron chi connectivity index (χ4n) is 3.56. The van der Waals surface area contributed by atoms with Crippen molar-refractivity contribution in [3.05, 3.63) is 82.9 Å². The van der Waals surface area contributed by atoms with Gasteiger partial charge in [-0.1, -0.05) is 24.3 Å². The van der Waals surface area contributed by atoms with Crippen molar-refractivity contribution >= 4 is 17.9 Å². The zero-order chi connectivity index (χ0) is 25.4. The number of rotatable bonds is 10. The molecule has 0 unspecified atom stereocenters. The first-order valence-corrected chi connectivity index (χ1v) is 10.8. The minimum Gasteiger partial charge on any atom is -0.508 e. The summed E-state index contributed by atoms with van der Waals surface area (Å²) in [6.45, 7) is 0. The van der Waals surface area contributed by atoms with Crippen LogP contribution in [0.4, 0.5) is 0 Å². The molecule has 0 heterocycles. The summed E-state index contributed by atoms with van der Waals surface area (Å²) < 4.78 is 21.5. The van der Waals surface area contributed by atoms with E-state index in [1.165, 1.54) is 25.3 Å². The highest BCUT2D eigenvalue weighted by atomic mass is 16.5. The summed E-state index contributed by atoms with van der Waals surface area (Å²) in [5, 5.41) is 20.1. The van der Waals surface area contributed by atoms with E-state index in [1.807, 2.05) is 30.4 Å². The number of aromatic hydroxyl groups is 2. The van der Waals surface area contributed by atoms with Crippen molar-refractivity contribution in [1.82, 2.24) is 0 Å². The van der Waals surface area contributed by atoms with E-state index in [9.17, 15) is 15.0 Å². The monoisotopic (exact) mass is 476 g/mol. The number of phenols is 2. The summed E-state index contributed by atoms with van der Waals surface area (Å²) in [5.41, 5.74) is 2.61. The zero-order valence-corrected chi connectivity index (χ0v) is 20.1. The lowest BCUT2D eigenvalue weighted by molar-refractivity contribution is 0.104. The smallest absolute Gasteiger partial charge is 0.203 e. The molecule has 3 aromatic rings. The lowest BCUT2D eigenvalue weighted by atomic mass is 10.00. The highest BCUT2D eigenvalue weighted by Crippen LogP contribution is 2.39. The quantitative estimate of drug-likeness (QED) is 0.233. The van der Waals surface area contributed by atoms with Gasteiger partial charge in [-0.2, -0.15) is 0 Å². The highest BCUT2D eigenvalue weighted by Gasteiger charge is 2.14. The molecule has 35 heavy (non-hydrogen) atoms. The van der Waals surface area contributed by atoms with E-state index < -0.39 is 0 Å². The van der Waals surface area contributed by atoms with Crippen LogP contribution >= 0.6 is 0 Å². The Kier molecular flexibility index (Phi) is 8.40. The number of hydrogen-bond acceptors (Lipinski definition) is 7. The van der Waals surface area contributed by atoms with Gasteiger partial charge in [-0.25, -0.2) is 0 Å². The molecule has 7 nitrogen and oxygen atoms in total. The van der Waals surface area contributed by atoms with Gasteiger partial charge < -0.3 is 29.2 Å². The van der Waals surface area contributed by atoms with Gasteiger partial charge in [0.05, 0.1) is 28.4 Å². The first-order valence-electron chi connectivity index (χ1n) is 10.8. The summed E-state index contributed by atoms with van der Waals surface area (Å²) in [5.74, 6) is 1.78. The van der Waals surface area contributed by atoms with Crippen LogP contribution in [0, 0.1) is 0 Å². The number of carbonyl (C=O) groups excluding carboxylic acids is 1. The van der Waals surface area contributed by atoms with Gasteiger partial charge in [-0.3, -0.25) is 4.79 Å². The maximum Gasteiger partial charge on any atom is 0.203 e. The van der Waals surface area contributed by atoms with E-state index in [0.717, 1.165) is 11.1 Å². The van der Waals surface area contributed by atoms with Gasteiger partial charge in [-0.05, 0) is 66.1 Å². The number of ketones is 1. The van der Waals surface area contributed by atoms with Crippen LogP contribution < -0.4 is 18.9 Å². The highest BCUT2D eigenvalue weighted by molar-refractivity contribution is 6.04. The van der Waals surface area contributed by atoms with Crippen molar-refractivity contribution in [2.75, 3.05) is 28.4 Å². The normalized spacial score (nSPS) is 11.1. The maximum absolute atomic E-state index is 12.4. The summed E-state index contributed by atoms with van der Waals surface area (Å²) in [6, 6.07) is 13.2. The predicted octanol–water partition coefficient (Wildman–Crippen LogP) is 5.28. The van der Waals surface area contributed by atoms with Gasteiger partial charge in [0.25, 0.3) is 0 Å². The third-order valence-electron chi connectivity index (χ3n) is 5.39. The average Bonchev–Trinajstić information content (AvgIpc) is 2.88. The molecule has 0 saturated carbocycles. The van der Waals surface area contributed by atoms with Gasteiger partial charge in [0.2, 0.25) is 5.75 Å². The van der Waals surface area contributed by atoms with Crippen molar-refractivity contribution in [2.24, 2.45) is 0 Å². The first-order chi connectivity index (χ1) is 16.9. The topological polar surface area (TPSA) is 94.5 Å². The Bertz CT molecular complexity index is 1220. The number of benzene rings is 3.